The largest absolute Gasteiger partial charge is 0.368 e. The number of anilines is 2. The second-order valence-electron chi connectivity index (χ2n) is 6.73. The Balaban J connectivity index is 1.65. The Morgan fingerprint density at radius 3 is 2.26 bits per heavy atom. The normalized spacial score (nSPS) is 14.0. The number of carbonyl (C=O) groups is 1. The van der Waals surface area contributed by atoms with Gasteiger partial charge < -0.3 is 15.1 Å². The van der Waals surface area contributed by atoms with E-state index in [-0.39, 0.29) is 6.03 Å². The van der Waals surface area contributed by atoms with E-state index in [1.54, 1.807) is 24.3 Å². The fraction of sp³-hybridized carbons (Fsp3) is 0.364. The minimum atomic E-state index is -0.107. The van der Waals surface area contributed by atoms with Crippen molar-refractivity contribution in [2.24, 2.45) is 0 Å². The number of carbonyl (C=O) groups excluding carboxylic acids is 1. The number of amides is 2. The fourth-order valence-electron chi connectivity index (χ4n) is 3.62. The van der Waals surface area contributed by atoms with Gasteiger partial charge in [0.15, 0.2) is 0 Å². The van der Waals surface area contributed by atoms with Gasteiger partial charge in [-0.15, -0.1) is 0 Å². The van der Waals surface area contributed by atoms with Crippen LogP contribution in [0.4, 0.5) is 16.2 Å². The van der Waals surface area contributed by atoms with Crippen molar-refractivity contribution in [2.45, 2.75) is 26.7 Å². The SMILES string of the molecule is CCc1cccc(CC)c1N1CCN(C(=O)Nc2cccc(C#N)c2)CC1. The summed E-state index contributed by atoms with van der Waals surface area (Å²) in [7, 11) is 0. The minimum Gasteiger partial charge on any atom is -0.368 e. The molecule has 27 heavy (non-hydrogen) atoms. The number of hydrogen-bond donors (Lipinski definition) is 1. The van der Waals surface area contributed by atoms with E-state index >= 15 is 0 Å². The number of piperazine rings is 1. The van der Waals surface area contributed by atoms with Gasteiger partial charge in [0.05, 0.1) is 11.6 Å². The quantitative estimate of drug-likeness (QED) is 0.893. The molecule has 0 saturated carbocycles. The summed E-state index contributed by atoms with van der Waals surface area (Å²) in [6.45, 7) is 7.41. The molecule has 0 radical (unpaired) electrons. The maximum atomic E-state index is 12.6. The summed E-state index contributed by atoms with van der Waals surface area (Å²) in [5.74, 6) is 0. The van der Waals surface area contributed by atoms with Crippen LogP contribution in [-0.2, 0) is 12.8 Å². The Morgan fingerprint density at radius 2 is 1.67 bits per heavy atom. The van der Waals surface area contributed by atoms with E-state index < -0.39 is 0 Å². The third-order valence-corrected chi connectivity index (χ3v) is 5.09. The molecule has 2 aromatic rings. The van der Waals surface area contributed by atoms with Crippen LogP contribution in [0.5, 0.6) is 0 Å². The third kappa shape index (κ3) is 4.22. The third-order valence-electron chi connectivity index (χ3n) is 5.09. The monoisotopic (exact) mass is 362 g/mol. The lowest BCUT2D eigenvalue weighted by molar-refractivity contribution is 0.208. The molecule has 140 valence electrons. The zero-order valence-electron chi connectivity index (χ0n) is 16.0. The number of nitrogens with zero attached hydrogens (tertiary/aromatic N) is 3. The Hall–Kier alpha value is -3.00. The van der Waals surface area contributed by atoms with Gasteiger partial charge in [-0.2, -0.15) is 5.26 Å². The van der Waals surface area contributed by atoms with Gasteiger partial charge in [0.25, 0.3) is 0 Å². The molecular formula is C22H26N4O. The van der Waals surface area contributed by atoms with Crippen molar-refractivity contribution in [3.8, 4) is 6.07 Å². The maximum Gasteiger partial charge on any atom is 0.321 e. The molecule has 0 unspecified atom stereocenters. The van der Waals surface area contributed by atoms with Gasteiger partial charge in [-0.05, 0) is 42.2 Å². The molecule has 5 heteroatoms. The van der Waals surface area contributed by atoms with Crippen molar-refractivity contribution in [3.05, 3.63) is 59.2 Å². The highest BCUT2D eigenvalue weighted by atomic mass is 16.2. The highest BCUT2D eigenvalue weighted by Crippen LogP contribution is 2.28. The van der Waals surface area contributed by atoms with Crippen molar-refractivity contribution in [1.29, 1.82) is 5.26 Å². The van der Waals surface area contributed by atoms with Gasteiger partial charge in [-0.25, -0.2) is 4.79 Å². The first kappa shape index (κ1) is 18.8. The molecule has 0 aromatic heterocycles. The van der Waals surface area contributed by atoms with Crippen LogP contribution in [0.25, 0.3) is 0 Å². The van der Waals surface area contributed by atoms with Crippen molar-refractivity contribution in [1.82, 2.24) is 4.90 Å². The van der Waals surface area contributed by atoms with Crippen LogP contribution in [0.15, 0.2) is 42.5 Å². The van der Waals surface area contributed by atoms with Crippen LogP contribution in [0.1, 0.15) is 30.5 Å². The number of benzene rings is 2. The number of hydrogen-bond acceptors (Lipinski definition) is 3. The molecule has 5 nitrogen and oxygen atoms in total. The van der Waals surface area contributed by atoms with Gasteiger partial charge in [-0.3, -0.25) is 0 Å². The van der Waals surface area contributed by atoms with Crippen LogP contribution in [0.3, 0.4) is 0 Å². The number of rotatable bonds is 4. The minimum absolute atomic E-state index is 0.107. The van der Waals surface area contributed by atoms with Crippen LogP contribution >= 0.6 is 0 Å². The molecular weight excluding hydrogens is 336 g/mol. The first-order chi connectivity index (χ1) is 13.2. The molecule has 0 aliphatic carbocycles. The highest BCUT2D eigenvalue weighted by molar-refractivity contribution is 5.89. The van der Waals surface area contributed by atoms with E-state index in [9.17, 15) is 4.79 Å². The molecule has 0 spiro atoms. The summed E-state index contributed by atoms with van der Waals surface area (Å²) in [6, 6.07) is 15.5. The van der Waals surface area contributed by atoms with Crippen molar-refractivity contribution in [3.63, 3.8) is 0 Å². The number of nitrogens with one attached hydrogen (secondary N) is 1. The van der Waals surface area contributed by atoms with Gasteiger partial charge >= 0.3 is 6.03 Å². The molecule has 3 rings (SSSR count). The number of nitriles is 1. The molecule has 1 N–H and O–H groups in total. The fourth-order valence-corrected chi connectivity index (χ4v) is 3.62. The Bertz CT molecular complexity index is 825. The van der Waals surface area contributed by atoms with E-state index in [0.29, 0.717) is 24.3 Å². The predicted octanol–water partition coefficient (Wildman–Crippen LogP) is 4.04. The molecule has 1 fully saturated rings. The number of urea groups is 1. The number of aryl methyl sites for hydroxylation is 2. The first-order valence-corrected chi connectivity index (χ1v) is 9.58. The van der Waals surface area contributed by atoms with Gasteiger partial charge in [0.2, 0.25) is 0 Å². The van der Waals surface area contributed by atoms with Gasteiger partial charge in [0.1, 0.15) is 0 Å². The first-order valence-electron chi connectivity index (χ1n) is 9.58. The Labute approximate surface area is 161 Å². The number of para-hydroxylation sites is 1. The van der Waals surface area contributed by atoms with E-state index in [1.807, 2.05) is 4.90 Å². The van der Waals surface area contributed by atoms with E-state index in [0.717, 1.165) is 25.9 Å². The van der Waals surface area contributed by atoms with Crippen molar-refractivity contribution >= 4 is 17.4 Å². The topological polar surface area (TPSA) is 59.4 Å². The smallest absolute Gasteiger partial charge is 0.321 e. The lowest BCUT2D eigenvalue weighted by Crippen LogP contribution is -2.50. The van der Waals surface area contributed by atoms with E-state index in [1.165, 1.54) is 16.8 Å². The zero-order valence-corrected chi connectivity index (χ0v) is 16.0. The summed E-state index contributed by atoms with van der Waals surface area (Å²) < 4.78 is 0. The molecule has 0 bridgehead atoms. The van der Waals surface area contributed by atoms with Crippen LogP contribution in [0, 0.1) is 11.3 Å². The molecule has 2 amide bonds. The van der Waals surface area contributed by atoms with Crippen molar-refractivity contribution < 1.29 is 4.79 Å². The van der Waals surface area contributed by atoms with Crippen molar-refractivity contribution in [2.75, 3.05) is 36.4 Å². The van der Waals surface area contributed by atoms with Gasteiger partial charge in [0, 0.05) is 37.6 Å². The Kier molecular flexibility index (Phi) is 5.97. The van der Waals surface area contributed by atoms with Crippen LogP contribution in [-0.4, -0.2) is 37.1 Å². The zero-order chi connectivity index (χ0) is 19.2. The molecule has 0 atom stereocenters. The average molecular weight is 362 g/mol. The standard InChI is InChI=1S/C22H26N4O/c1-3-18-8-6-9-19(4-2)21(18)25-11-13-26(14-12-25)22(27)24-20-10-5-7-17(15-20)16-23/h5-10,15H,3-4,11-14H2,1-2H3,(H,24,27). The molecule has 1 heterocycles. The maximum absolute atomic E-state index is 12.6. The molecule has 1 aliphatic rings. The van der Waals surface area contributed by atoms with Crippen LogP contribution < -0.4 is 10.2 Å². The summed E-state index contributed by atoms with van der Waals surface area (Å²) >= 11 is 0. The molecule has 1 saturated heterocycles. The Morgan fingerprint density at radius 1 is 1.04 bits per heavy atom. The van der Waals surface area contributed by atoms with E-state index in [4.69, 9.17) is 5.26 Å². The average Bonchev–Trinajstić information content (AvgIpc) is 2.73. The molecule has 1 aliphatic heterocycles. The summed E-state index contributed by atoms with van der Waals surface area (Å²) in [5.41, 5.74) is 5.30. The van der Waals surface area contributed by atoms with E-state index in [2.05, 4.69) is 48.3 Å². The summed E-state index contributed by atoms with van der Waals surface area (Å²) in [4.78, 5) is 16.8. The summed E-state index contributed by atoms with van der Waals surface area (Å²) in [6.07, 6.45) is 2.03. The van der Waals surface area contributed by atoms with Gasteiger partial charge in [-0.1, -0.05) is 38.1 Å². The second-order valence-corrected chi connectivity index (χ2v) is 6.73. The summed E-state index contributed by atoms with van der Waals surface area (Å²) in [5, 5.41) is 11.9. The lowest BCUT2D eigenvalue weighted by Gasteiger charge is -2.38. The second kappa shape index (κ2) is 8.59. The lowest BCUT2D eigenvalue weighted by atomic mass is 10.0. The predicted molar refractivity (Wildman–Crippen MR) is 109 cm³/mol. The van der Waals surface area contributed by atoms with Crippen LogP contribution in [0.2, 0.25) is 0 Å². The molecule has 2 aromatic carbocycles. The highest BCUT2D eigenvalue weighted by Gasteiger charge is 2.23.